The molecular formula is C16H19FN4O3. The summed E-state index contributed by atoms with van der Waals surface area (Å²) < 4.78 is 14.5. The van der Waals surface area contributed by atoms with Crippen molar-refractivity contribution in [3.05, 3.63) is 68.2 Å². The summed E-state index contributed by atoms with van der Waals surface area (Å²) in [5.74, 6) is -1.11. The third kappa shape index (κ3) is 4.17. The van der Waals surface area contributed by atoms with Gasteiger partial charge in [-0.15, -0.1) is 0 Å². The summed E-state index contributed by atoms with van der Waals surface area (Å²) in [6.45, 7) is 0.718. The van der Waals surface area contributed by atoms with Gasteiger partial charge >= 0.3 is 5.69 Å². The predicted molar refractivity (Wildman–Crippen MR) is 87.7 cm³/mol. The fourth-order valence-corrected chi connectivity index (χ4v) is 2.10. The van der Waals surface area contributed by atoms with Crippen LogP contribution in [0, 0.1) is 5.82 Å². The maximum atomic E-state index is 13.7. The molecule has 1 amide bonds. The Kier molecular flexibility index (Phi) is 5.64. The molecular weight excluding hydrogens is 315 g/mol. The van der Waals surface area contributed by atoms with E-state index in [1.807, 2.05) is 19.0 Å². The van der Waals surface area contributed by atoms with Gasteiger partial charge in [-0.1, -0.05) is 18.2 Å². The predicted octanol–water partition coefficient (Wildman–Crippen LogP) is 0.0154. The van der Waals surface area contributed by atoms with Gasteiger partial charge in [0.1, 0.15) is 11.4 Å². The Morgan fingerprint density at radius 3 is 2.67 bits per heavy atom. The van der Waals surface area contributed by atoms with Crippen molar-refractivity contribution in [2.75, 3.05) is 27.2 Å². The van der Waals surface area contributed by atoms with Crippen molar-refractivity contribution in [2.45, 2.75) is 6.54 Å². The zero-order chi connectivity index (χ0) is 17.7. The van der Waals surface area contributed by atoms with Crippen LogP contribution in [0.4, 0.5) is 4.39 Å². The number of nitrogens with zero attached hydrogens (tertiary/aromatic N) is 2. The van der Waals surface area contributed by atoms with Crippen LogP contribution in [0.1, 0.15) is 15.9 Å². The number of hydrogen-bond donors (Lipinski definition) is 2. The maximum Gasteiger partial charge on any atom is 0.328 e. The second-order valence-corrected chi connectivity index (χ2v) is 5.55. The normalized spacial score (nSPS) is 10.8. The molecule has 0 spiro atoms. The smallest absolute Gasteiger partial charge is 0.328 e. The van der Waals surface area contributed by atoms with Crippen LogP contribution < -0.4 is 16.6 Å². The molecule has 1 heterocycles. The molecule has 0 aliphatic heterocycles. The highest BCUT2D eigenvalue weighted by Crippen LogP contribution is 2.06. The van der Waals surface area contributed by atoms with Crippen LogP contribution in [0.2, 0.25) is 0 Å². The van der Waals surface area contributed by atoms with Crippen molar-refractivity contribution in [1.29, 1.82) is 0 Å². The molecule has 0 aliphatic carbocycles. The van der Waals surface area contributed by atoms with E-state index in [0.717, 1.165) is 10.8 Å². The van der Waals surface area contributed by atoms with Gasteiger partial charge < -0.3 is 15.2 Å². The summed E-state index contributed by atoms with van der Waals surface area (Å²) in [4.78, 5) is 40.6. The molecule has 0 unspecified atom stereocenters. The Hall–Kier alpha value is -2.74. The first-order valence-corrected chi connectivity index (χ1v) is 7.39. The van der Waals surface area contributed by atoms with Crippen LogP contribution in [0.25, 0.3) is 0 Å². The first-order chi connectivity index (χ1) is 11.4. The van der Waals surface area contributed by atoms with Crippen molar-refractivity contribution in [2.24, 2.45) is 0 Å². The topological polar surface area (TPSA) is 87.2 Å². The molecule has 2 rings (SSSR count). The van der Waals surface area contributed by atoms with Gasteiger partial charge in [0.15, 0.2) is 0 Å². The first-order valence-electron chi connectivity index (χ1n) is 7.39. The van der Waals surface area contributed by atoms with E-state index in [4.69, 9.17) is 0 Å². The lowest BCUT2D eigenvalue weighted by Gasteiger charge is -2.11. The number of H-pyrrole nitrogens is 1. The van der Waals surface area contributed by atoms with E-state index in [-0.39, 0.29) is 17.7 Å². The number of benzene rings is 1. The number of likely N-dealkylation sites (N-methyl/N-ethyl adjacent to an activating group) is 1. The van der Waals surface area contributed by atoms with E-state index in [0.29, 0.717) is 13.1 Å². The van der Waals surface area contributed by atoms with Gasteiger partial charge in [0.05, 0.1) is 6.54 Å². The number of rotatable bonds is 6. The molecule has 24 heavy (non-hydrogen) atoms. The SMILES string of the molecule is CN(C)CCNC(=O)c1c[nH]c(=O)n(Cc2ccccc2F)c1=O. The third-order valence-electron chi connectivity index (χ3n) is 3.44. The van der Waals surface area contributed by atoms with Crippen molar-refractivity contribution < 1.29 is 9.18 Å². The molecule has 128 valence electrons. The molecule has 8 heteroatoms. The van der Waals surface area contributed by atoms with Crippen LogP contribution in [0.3, 0.4) is 0 Å². The highest BCUT2D eigenvalue weighted by molar-refractivity contribution is 5.93. The standard InChI is InChI=1S/C16H19FN4O3/c1-20(2)8-7-18-14(22)12-9-19-16(24)21(15(12)23)10-11-5-3-4-6-13(11)17/h3-6,9H,7-8,10H2,1-2H3,(H,18,22)(H,19,24). The minimum atomic E-state index is -0.760. The number of aromatic amines is 1. The van der Waals surface area contributed by atoms with Crippen LogP contribution in [-0.2, 0) is 6.54 Å². The summed E-state index contributed by atoms with van der Waals surface area (Å²) in [6.07, 6.45) is 1.08. The van der Waals surface area contributed by atoms with E-state index >= 15 is 0 Å². The fraction of sp³-hybridized carbons (Fsp3) is 0.312. The van der Waals surface area contributed by atoms with E-state index in [1.165, 1.54) is 18.2 Å². The maximum absolute atomic E-state index is 13.7. The van der Waals surface area contributed by atoms with Crippen molar-refractivity contribution >= 4 is 5.91 Å². The van der Waals surface area contributed by atoms with E-state index in [1.54, 1.807) is 6.07 Å². The van der Waals surface area contributed by atoms with Gasteiger partial charge in [-0.2, -0.15) is 0 Å². The summed E-state index contributed by atoms with van der Waals surface area (Å²) in [5.41, 5.74) is -1.46. The molecule has 0 bridgehead atoms. The average molecular weight is 334 g/mol. The molecule has 1 aromatic heterocycles. The Labute approximate surface area is 137 Å². The van der Waals surface area contributed by atoms with Gasteiger partial charge in [-0.3, -0.25) is 14.2 Å². The van der Waals surface area contributed by atoms with Gasteiger partial charge in [0.25, 0.3) is 11.5 Å². The van der Waals surface area contributed by atoms with Crippen LogP contribution in [0.15, 0.2) is 40.1 Å². The summed E-state index contributed by atoms with van der Waals surface area (Å²) in [6, 6.07) is 5.84. The van der Waals surface area contributed by atoms with E-state index in [2.05, 4.69) is 10.3 Å². The molecule has 0 saturated heterocycles. The number of amides is 1. The number of hydrogen-bond acceptors (Lipinski definition) is 4. The molecule has 0 radical (unpaired) electrons. The van der Waals surface area contributed by atoms with Crippen molar-refractivity contribution in [3.8, 4) is 0 Å². The Morgan fingerprint density at radius 2 is 2.00 bits per heavy atom. The minimum Gasteiger partial charge on any atom is -0.351 e. The molecule has 0 aliphatic rings. The molecule has 2 aromatic rings. The van der Waals surface area contributed by atoms with Crippen LogP contribution >= 0.6 is 0 Å². The van der Waals surface area contributed by atoms with Crippen LogP contribution in [0.5, 0.6) is 0 Å². The van der Waals surface area contributed by atoms with Crippen LogP contribution in [-0.4, -0.2) is 47.5 Å². The quantitative estimate of drug-likeness (QED) is 0.779. The fourth-order valence-electron chi connectivity index (χ4n) is 2.10. The van der Waals surface area contributed by atoms with Gasteiger partial charge in [-0.05, 0) is 20.2 Å². The summed E-state index contributed by atoms with van der Waals surface area (Å²) in [5, 5.41) is 2.60. The Morgan fingerprint density at radius 1 is 1.29 bits per heavy atom. The molecule has 1 aromatic carbocycles. The summed E-state index contributed by atoms with van der Waals surface area (Å²) >= 11 is 0. The van der Waals surface area contributed by atoms with Crippen molar-refractivity contribution in [3.63, 3.8) is 0 Å². The average Bonchev–Trinajstić information content (AvgIpc) is 2.52. The second kappa shape index (κ2) is 7.69. The highest BCUT2D eigenvalue weighted by atomic mass is 19.1. The lowest BCUT2D eigenvalue weighted by Crippen LogP contribution is -2.41. The lowest BCUT2D eigenvalue weighted by atomic mass is 10.2. The zero-order valence-electron chi connectivity index (χ0n) is 13.5. The lowest BCUT2D eigenvalue weighted by molar-refractivity contribution is 0.0948. The highest BCUT2D eigenvalue weighted by Gasteiger charge is 2.15. The van der Waals surface area contributed by atoms with Gasteiger partial charge in [0.2, 0.25) is 0 Å². The van der Waals surface area contributed by atoms with E-state index in [9.17, 15) is 18.8 Å². The number of aromatic nitrogens is 2. The van der Waals surface area contributed by atoms with E-state index < -0.39 is 23.0 Å². The molecule has 0 fully saturated rings. The zero-order valence-corrected chi connectivity index (χ0v) is 13.5. The number of carbonyl (C=O) groups excluding carboxylic acids is 1. The summed E-state index contributed by atoms with van der Waals surface area (Å²) in [7, 11) is 3.71. The van der Waals surface area contributed by atoms with Crippen molar-refractivity contribution in [1.82, 2.24) is 19.8 Å². The van der Waals surface area contributed by atoms with Gasteiger partial charge in [-0.25, -0.2) is 9.18 Å². The largest absolute Gasteiger partial charge is 0.351 e. The number of nitrogens with one attached hydrogen (secondary N) is 2. The first kappa shape index (κ1) is 17.6. The van der Waals surface area contributed by atoms with Gasteiger partial charge in [0, 0.05) is 24.8 Å². The Bertz CT molecular complexity index is 842. The molecule has 0 atom stereocenters. The monoisotopic (exact) mass is 334 g/mol. The molecule has 7 nitrogen and oxygen atoms in total. The number of carbonyl (C=O) groups is 1. The molecule has 0 saturated carbocycles. The third-order valence-corrected chi connectivity index (χ3v) is 3.44. The second-order valence-electron chi connectivity index (χ2n) is 5.55. The number of halogens is 1. The molecule has 2 N–H and O–H groups in total. The minimum absolute atomic E-state index is 0.190. The Balaban J connectivity index is 2.27.